The second kappa shape index (κ2) is 7.97. The van der Waals surface area contributed by atoms with Gasteiger partial charge < -0.3 is 14.2 Å². The summed E-state index contributed by atoms with van der Waals surface area (Å²) in [5.41, 5.74) is 0.704. The molecule has 0 radical (unpaired) electrons. The molecule has 138 valence electrons. The second-order valence-electron chi connectivity index (χ2n) is 6.32. The molecule has 1 heterocycles. The van der Waals surface area contributed by atoms with E-state index < -0.39 is 6.09 Å². The highest BCUT2D eigenvalue weighted by Gasteiger charge is 2.33. The van der Waals surface area contributed by atoms with E-state index >= 15 is 0 Å². The van der Waals surface area contributed by atoms with Gasteiger partial charge >= 0.3 is 12.1 Å². The molecule has 0 spiro atoms. The maximum atomic E-state index is 12.3. The van der Waals surface area contributed by atoms with Crippen LogP contribution in [-0.2, 0) is 16.0 Å². The number of benzene rings is 1. The van der Waals surface area contributed by atoms with Gasteiger partial charge in [0.1, 0.15) is 12.1 Å². The quantitative estimate of drug-likeness (QED) is 0.565. The zero-order valence-corrected chi connectivity index (χ0v) is 16.0. The Bertz CT molecular complexity index is 650. The fourth-order valence-corrected chi connectivity index (χ4v) is 3.17. The molecule has 0 N–H and O–H groups in total. The monoisotopic (exact) mass is 368 g/mol. The molecule has 25 heavy (non-hydrogen) atoms. The summed E-state index contributed by atoms with van der Waals surface area (Å²) in [4.78, 5) is 23.8. The van der Waals surface area contributed by atoms with E-state index in [9.17, 15) is 9.59 Å². The van der Waals surface area contributed by atoms with Crippen LogP contribution < -0.4 is 9.47 Å². The van der Waals surface area contributed by atoms with E-state index in [1.165, 1.54) is 4.31 Å². The number of para-hydroxylation sites is 1. The molecular formula is C17H24N2O5S. The molecule has 0 aromatic heterocycles. The van der Waals surface area contributed by atoms with Crippen molar-refractivity contribution in [1.29, 1.82) is 0 Å². The minimum absolute atomic E-state index is 0.0637. The summed E-state index contributed by atoms with van der Waals surface area (Å²) in [6, 6.07) is 5.51. The number of ether oxygens (including phenoxy) is 3. The molecule has 0 bridgehead atoms. The Morgan fingerprint density at radius 2 is 2.04 bits per heavy atom. The molecule has 1 amide bonds. The Labute approximate surface area is 152 Å². The molecule has 0 saturated carbocycles. The fraction of sp³-hybridized carbons (Fsp3) is 0.529. The van der Waals surface area contributed by atoms with E-state index in [0.717, 1.165) is 24.1 Å². The molecule has 1 aromatic rings. The molecule has 0 unspecified atom stereocenters. The predicted octanol–water partition coefficient (Wildman–Crippen LogP) is 2.89. The smallest absolute Gasteiger partial charge is 0.426 e. The summed E-state index contributed by atoms with van der Waals surface area (Å²) in [7, 11) is 3.26. The third-order valence-electron chi connectivity index (χ3n) is 3.43. The number of carbonyl (C=O) groups excluding carboxylic acids is 2. The van der Waals surface area contributed by atoms with E-state index in [-0.39, 0.29) is 18.1 Å². The van der Waals surface area contributed by atoms with E-state index in [2.05, 4.69) is 0 Å². The van der Waals surface area contributed by atoms with Crippen LogP contribution in [0.2, 0.25) is 0 Å². The van der Waals surface area contributed by atoms with Crippen LogP contribution >= 0.6 is 12.1 Å². The van der Waals surface area contributed by atoms with Gasteiger partial charge in [-0.2, -0.15) is 0 Å². The molecule has 0 aliphatic carbocycles. The fourth-order valence-electron chi connectivity index (χ4n) is 2.49. The summed E-state index contributed by atoms with van der Waals surface area (Å²) >= 11 is 1.06. The first kappa shape index (κ1) is 19.4. The van der Waals surface area contributed by atoms with Crippen molar-refractivity contribution in [2.24, 2.45) is 0 Å². The van der Waals surface area contributed by atoms with Crippen molar-refractivity contribution in [2.75, 3.05) is 27.2 Å². The van der Waals surface area contributed by atoms with Gasteiger partial charge in [0.25, 0.3) is 0 Å². The van der Waals surface area contributed by atoms with Crippen molar-refractivity contribution in [3.63, 3.8) is 0 Å². The number of likely N-dealkylation sites (N-methyl/N-ethyl adjacent to an activating group) is 1. The van der Waals surface area contributed by atoms with Crippen LogP contribution in [0.25, 0.3) is 0 Å². The molecular weight excluding hydrogens is 344 g/mol. The number of carbonyl (C=O) groups is 2. The van der Waals surface area contributed by atoms with Gasteiger partial charge in [0.2, 0.25) is 0 Å². The van der Waals surface area contributed by atoms with E-state index in [4.69, 9.17) is 14.2 Å². The van der Waals surface area contributed by atoms with Crippen LogP contribution in [0.4, 0.5) is 4.79 Å². The Hall–Kier alpha value is -1.93. The molecule has 1 aliphatic heterocycles. The normalized spacial score (nSPS) is 14.6. The highest BCUT2D eigenvalue weighted by Crippen LogP contribution is 2.42. The number of amides is 1. The molecule has 0 saturated heterocycles. The molecule has 1 aromatic carbocycles. The molecule has 1 aliphatic rings. The highest BCUT2D eigenvalue weighted by molar-refractivity contribution is 7.95. The van der Waals surface area contributed by atoms with Gasteiger partial charge in [-0.15, -0.1) is 0 Å². The highest BCUT2D eigenvalue weighted by atomic mass is 32.2. The van der Waals surface area contributed by atoms with Gasteiger partial charge in [0.05, 0.1) is 6.61 Å². The summed E-state index contributed by atoms with van der Waals surface area (Å²) in [6.45, 7) is 6.12. The maximum Gasteiger partial charge on any atom is 0.426 e. The van der Waals surface area contributed by atoms with Crippen molar-refractivity contribution in [3.8, 4) is 11.5 Å². The first-order valence-corrected chi connectivity index (χ1v) is 8.76. The van der Waals surface area contributed by atoms with E-state index in [0.29, 0.717) is 18.1 Å². The third-order valence-corrected chi connectivity index (χ3v) is 4.23. The first-order chi connectivity index (χ1) is 11.7. The van der Waals surface area contributed by atoms with E-state index in [1.54, 1.807) is 31.4 Å². The van der Waals surface area contributed by atoms with Gasteiger partial charge in [-0.1, -0.05) is 12.1 Å². The minimum Gasteiger partial charge on any atom is -0.483 e. The lowest BCUT2D eigenvalue weighted by molar-refractivity contribution is -0.142. The SMILES string of the molecule is CCOC(=O)CN(C)SN(C)C(=O)Oc1cccc2c1OC(C)(C)C2. The van der Waals surface area contributed by atoms with Crippen molar-refractivity contribution in [3.05, 3.63) is 23.8 Å². The molecule has 0 fully saturated rings. The summed E-state index contributed by atoms with van der Waals surface area (Å²) in [5, 5.41) is 0. The van der Waals surface area contributed by atoms with Crippen molar-refractivity contribution >= 4 is 24.2 Å². The molecule has 8 heteroatoms. The molecule has 2 rings (SSSR count). The largest absolute Gasteiger partial charge is 0.483 e. The number of nitrogens with zero attached hydrogens (tertiary/aromatic N) is 2. The summed E-state index contributed by atoms with van der Waals surface area (Å²) in [6.07, 6.45) is 0.211. The Kier molecular flexibility index (Phi) is 6.18. The minimum atomic E-state index is -0.553. The number of esters is 1. The lowest BCUT2D eigenvalue weighted by Gasteiger charge is -2.22. The number of fused-ring (bicyclic) bond motifs is 1. The zero-order valence-electron chi connectivity index (χ0n) is 15.2. The average Bonchev–Trinajstić information content (AvgIpc) is 2.82. The summed E-state index contributed by atoms with van der Waals surface area (Å²) < 4.78 is 19.1. The first-order valence-electron chi connectivity index (χ1n) is 8.03. The van der Waals surface area contributed by atoms with Crippen LogP contribution in [0, 0.1) is 0 Å². The third kappa shape index (κ3) is 5.27. The van der Waals surface area contributed by atoms with Crippen LogP contribution in [0.1, 0.15) is 26.3 Å². The zero-order chi connectivity index (χ0) is 18.6. The van der Waals surface area contributed by atoms with Crippen LogP contribution in [-0.4, -0.2) is 53.5 Å². The van der Waals surface area contributed by atoms with Crippen molar-refractivity contribution in [2.45, 2.75) is 32.8 Å². The lowest BCUT2D eigenvalue weighted by atomic mass is 10.0. The van der Waals surface area contributed by atoms with Crippen LogP contribution in [0.15, 0.2) is 18.2 Å². The van der Waals surface area contributed by atoms with Crippen LogP contribution in [0.3, 0.4) is 0 Å². The van der Waals surface area contributed by atoms with Crippen molar-refractivity contribution in [1.82, 2.24) is 8.61 Å². The Morgan fingerprint density at radius 1 is 1.32 bits per heavy atom. The Balaban J connectivity index is 1.94. The van der Waals surface area contributed by atoms with Gasteiger partial charge in [-0.05, 0) is 33.9 Å². The molecule has 7 nitrogen and oxygen atoms in total. The second-order valence-corrected chi connectivity index (χ2v) is 7.66. The van der Waals surface area contributed by atoms with Crippen LogP contribution in [0.5, 0.6) is 11.5 Å². The van der Waals surface area contributed by atoms with E-state index in [1.807, 2.05) is 26.0 Å². The van der Waals surface area contributed by atoms with Gasteiger partial charge in [-0.3, -0.25) is 4.79 Å². The average molecular weight is 368 g/mol. The number of rotatable bonds is 6. The standard InChI is InChI=1S/C17H24N2O5S/c1-6-22-14(20)11-18(4)25-19(5)16(21)23-13-9-7-8-12-10-17(2,3)24-15(12)13/h7-9H,6,10-11H2,1-5H3. The van der Waals surface area contributed by atoms with Gasteiger partial charge in [0.15, 0.2) is 11.5 Å². The van der Waals surface area contributed by atoms with Gasteiger partial charge in [0, 0.05) is 31.2 Å². The number of hydrogen-bond donors (Lipinski definition) is 0. The van der Waals surface area contributed by atoms with Gasteiger partial charge in [-0.25, -0.2) is 13.4 Å². The Morgan fingerprint density at radius 3 is 2.72 bits per heavy atom. The summed E-state index contributed by atoms with van der Waals surface area (Å²) in [5.74, 6) is 0.656. The lowest BCUT2D eigenvalue weighted by Crippen LogP contribution is -2.31. The topological polar surface area (TPSA) is 68.3 Å². The number of hydrogen-bond acceptors (Lipinski definition) is 7. The molecule has 0 atom stereocenters. The predicted molar refractivity (Wildman–Crippen MR) is 95.5 cm³/mol. The maximum absolute atomic E-state index is 12.3. The van der Waals surface area contributed by atoms with Crippen molar-refractivity contribution < 1.29 is 23.8 Å².